The quantitative estimate of drug-likeness (QED) is 0.0871. The second-order valence-electron chi connectivity index (χ2n) is 17.3. The van der Waals surface area contributed by atoms with Crippen LogP contribution in [0.4, 0.5) is 0 Å². The number of nitrogens with one attached hydrogen (secondary N) is 4. The number of para-hydroxylation sites is 1. The van der Waals surface area contributed by atoms with Crippen LogP contribution in [0.5, 0.6) is 0 Å². The summed E-state index contributed by atoms with van der Waals surface area (Å²) in [4.78, 5) is 94.2. The first kappa shape index (κ1) is 45.0. The number of H-pyrrole nitrogens is 1. The van der Waals surface area contributed by atoms with Crippen LogP contribution in [-0.4, -0.2) is 88.8 Å². The number of nitrogens with two attached hydrogens (primary N) is 2. The molecule has 3 aliphatic rings. The number of fused-ring (bicyclic) bond motifs is 2. The van der Waals surface area contributed by atoms with Crippen molar-refractivity contribution in [1.29, 1.82) is 0 Å². The van der Waals surface area contributed by atoms with Gasteiger partial charge in [-0.05, 0) is 74.5 Å². The van der Waals surface area contributed by atoms with Crippen LogP contribution in [0.3, 0.4) is 0 Å². The number of amides is 4. The van der Waals surface area contributed by atoms with Crippen molar-refractivity contribution in [3.05, 3.63) is 71.9 Å². The Labute approximate surface area is 358 Å². The summed E-state index contributed by atoms with van der Waals surface area (Å²) in [6.07, 6.45) is 10.7. The first-order valence-corrected chi connectivity index (χ1v) is 22.4. The number of nitrogens with zero attached hydrogens (tertiary/aromatic N) is 2. The standard InChI is InChI=1S/C47H64N8O6/c48-47(49)51-24-9-16-33-28-41(56)39(27-35-30-52-37-18-8-7-17-36(35)37)54-45(60)34(26-32-14-5-2-6-15-32)29-42(57)40-20-11-25-55(40)46(61)38(19-10-23-50-44(33)59)53-43(58)22-21-31-12-3-1-4-13-31/h1,3-4,7-8,12-13,17-18,30,32-34,38-40,52H,2,5-6,9-11,14-16,19-29H2,(H,50,59)(H,53,58)(H,54,60)(H4,48,49,51)/t33-,34+,38+,39+,40+/m1/s1. The van der Waals surface area contributed by atoms with Crippen LogP contribution >= 0.6 is 0 Å². The van der Waals surface area contributed by atoms with Gasteiger partial charge in [0.15, 0.2) is 17.5 Å². The molecule has 14 heteroatoms. The van der Waals surface area contributed by atoms with E-state index in [9.17, 15) is 28.8 Å². The van der Waals surface area contributed by atoms with E-state index >= 15 is 0 Å². The Hall–Kier alpha value is -5.53. The van der Waals surface area contributed by atoms with Gasteiger partial charge in [0.25, 0.3) is 0 Å². The zero-order valence-electron chi connectivity index (χ0n) is 35.4. The average molecular weight is 837 g/mol. The van der Waals surface area contributed by atoms with Crippen molar-refractivity contribution >= 4 is 52.1 Å². The van der Waals surface area contributed by atoms with Crippen LogP contribution in [-0.2, 0) is 41.6 Å². The third kappa shape index (κ3) is 13.0. The molecule has 1 aromatic heterocycles. The van der Waals surface area contributed by atoms with Crippen molar-refractivity contribution in [3.63, 3.8) is 0 Å². The summed E-state index contributed by atoms with van der Waals surface area (Å²) in [6.45, 7) is 0.838. The number of hydrogen-bond donors (Lipinski definition) is 6. The molecule has 14 nitrogen and oxygen atoms in total. The highest BCUT2D eigenvalue weighted by atomic mass is 16.2. The fourth-order valence-corrected chi connectivity index (χ4v) is 9.45. The largest absolute Gasteiger partial charge is 0.370 e. The van der Waals surface area contributed by atoms with Crippen LogP contribution < -0.4 is 27.4 Å². The van der Waals surface area contributed by atoms with Gasteiger partial charge in [0.2, 0.25) is 23.6 Å². The van der Waals surface area contributed by atoms with Gasteiger partial charge in [-0.2, -0.15) is 0 Å². The molecule has 0 spiro atoms. The summed E-state index contributed by atoms with van der Waals surface area (Å²) in [5, 5.41) is 9.98. The molecule has 1 saturated carbocycles. The van der Waals surface area contributed by atoms with Gasteiger partial charge in [-0.1, -0.05) is 80.6 Å². The maximum absolute atomic E-state index is 14.6. The lowest BCUT2D eigenvalue weighted by Crippen LogP contribution is -2.52. The second kappa shape index (κ2) is 22.4. The molecule has 2 aromatic carbocycles. The predicted octanol–water partition coefficient (Wildman–Crippen LogP) is 4.39. The zero-order valence-corrected chi connectivity index (χ0v) is 35.4. The molecule has 8 N–H and O–H groups in total. The topological polar surface area (TPSA) is 222 Å². The van der Waals surface area contributed by atoms with Gasteiger partial charge < -0.3 is 37.3 Å². The lowest BCUT2D eigenvalue weighted by molar-refractivity contribution is -0.142. The van der Waals surface area contributed by atoms with Gasteiger partial charge in [-0.15, -0.1) is 0 Å². The third-order valence-electron chi connectivity index (χ3n) is 12.8. The smallest absolute Gasteiger partial charge is 0.245 e. The molecule has 1 aliphatic carbocycles. The fourth-order valence-electron chi connectivity index (χ4n) is 9.45. The maximum Gasteiger partial charge on any atom is 0.245 e. The van der Waals surface area contributed by atoms with Crippen molar-refractivity contribution < 1.29 is 28.8 Å². The number of carbonyl (C=O) groups is 6. The van der Waals surface area contributed by atoms with E-state index in [1.54, 1.807) is 4.90 Å². The van der Waals surface area contributed by atoms with E-state index in [0.717, 1.165) is 54.1 Å². The zero-order chi connectivity index (χ0) is 43.1. The number of rotatable bonds is 12. The van der Waals surface area contributed by atoms with Crippen molar-refractivity contribution in [2.24, 2.45) is 34.2 Å². The van der Waals surface area contributed by atoms with Gasteiger partial charge in [0.1, 0.15) is 6.04 Å². The molecule has 4 amide bonds. The number of hydrogen-bond acceptors (Lipinski definition) is 7. The first-order chi connectivity index (χ1) is 29.5. The molecule has 0 bridgehead atoms. The molecule has 6 rings (SSSR count). The van der Waals surface area contributed by atoms with E-state index in [2.05, 4.69) is 25.9 Å². The molecule has 0 radical (unpaired) electrons. The maximum atomic E-state index is 14.6. The lowest BCUT2D eigenvalue weighted by atomic mass is 9.80. The second-order valence-corrected chi connectivity index (χ2v) is 17.3. The molecule has 61 heavy (non-hydrogen) atoms. The van der Waals surface area contributed by atoms with Crippen molar-refractivity contribution in [2.45, 2.75) is 127 Å². The average Bonchev–Trinajstić information content (AvgIpc) is 3.92. The molecule has 2 aliphatic heterocycles. The minimum atomic E-state index is -0.960. The van der Waals surface area contributed by atoms with E-state index in [-0.39, 0.29) is 92.3 Å². The van der Waals surface area contributed by atoms with Gasteiger partial charge in [0, 0.05) is 74.3 Å². The van der Waals surface area contributed by atoms with Crippen LogP contribution in [0.2, 0.25) is 0 Å². The molecular weight excluding hydrogens is 773 g/mol. The Balaban J connectivity index is 1.29. The Kier molecular flexibility index (Phi) is 16.5. The summed E-state index contributed by atoms with van der Waals surface area (Å²) in [6, 6.07) is 14.8. The molecule has 0 unspecified atom stereocenters. The van der Waals surface area contributed by atoms with Crippen LogP contribution in [0, 0.1) is 17.8 Å². The minimum Gasteiger partial charge on any atom is -0.370 e. The molecule has 3 fully saturated rings. The van der Waals surface area contributed by atoms with Gasteiger partial charge >= 0.3 is 0 Å². The highest BCUT2D eigenvalue weighted by Gasteiger charge is 2.40. The molecule has 328 valence electrons. The van der Waals surface area contributed by atoms with Gasteiger partial charge in [0.05, 0.1) is 12.1 Å². The first-order valence-electron chi connectivity index (χ1n) is 22.4. The molecular formula is C47H64N8O6. The number of aliphatic imine (C=N–C) groups is 1. The molecule has 5 atom stereocenters. The molecule has 3 heterocycles. The van der Waals surface area contributed by atoms with Gasteiger partial charge in [-0.25, -0.2) is 0 Å². The van der Waals surface area contributed by atoms with E-state index in [1.165, 1.54) is 0 Å². The number of benzene rings is 2. The number of aromatic amines is 1. The number of aryl methyl sites for hydroxylation is 1. The van der Waals surface area contributed by atoms with Crippen molar-refractivity contribution in [3.8, 4) is 0 Å². The number of aromatic nitrogens is 1. The van der Waals surface area contributed by atoms with Gasteiger partial charge in [-0.3, -0.25) is 33.8 Å². The number of guanidine groups is 1. The fraction of sp³-hybridized carbons (Fsp3) is 0.553. The lowest BCUT2D eigenvalue weighted by Gasteiger charge is -2.31. The molecule has 2 saturated heterocycles. The Morgan fingerprint density at radius 3 is 2.36 bits per heavy atom. The van der Waals surface area contributed by atoms with E-state index in [4.69, 9.17) is 11.5 Å². The van der Waals surface area contributed by atoms with Crippen LogP contribution in [0.1, 0.15) is 107 Å². The number of ketones is 2. The Bertz CT molecular complexity index is 2010. The summed E-state index contributed by atoms with van der Waals surface area (Å²) >= 11 is 0. The van der Waals surface area contributed by atoms with E-state index in [0.29, 0.717) is 51.5 Å². The van der Waals surface area contributed by atoms with Crippen LogP contribution in [0.25, 0.3) is 10.9 Å². The van der Waals surface area contributed by atoms with E-state index < -0.39 is 30.0 Å². The summed E-state index contributed by atoms with van der Waals surface area (Å²) < 4.78 is 0. The number of carbonyl (C=O) groups excluding carboxylic acids is 6. The highest BCUT2D eigenvalue weighted by Crippen LogP contribution is 2.32. The van der Waals surface area contributed by atoms with E-state index in [1.807, 2.05) is 60.8 Å². The highest BCUT2D eigenvalue weighted by molar-refractivity contribution is 5.97. The van der Waals surface area contributed by atoms with Crippen molar-refractivity contribution in [2.75, 3.05) is 19.6 Å². The summed E-state index contributed by atoms with van der Waals surface area (Å²) in [5.41, 5.74) is 13.9. The molecule has 3 aromatic rings. The summed E-state index contributed by atoms with van der Waals surface area (Å²) in [7, 11) is 0. The third-order valence-corrected chi connectivity index (χ3v) is 12.8. The van der Waals surface area contributed by atoms with Crippen molar-refractivity contribution in [1.82, 2.24) is 25.8 Å². The normalized spacial score (nSPS) is 24.0. The van der Waals surface area contributed by atoms with Crippen LogP contribution in [0.15, 0.2) is 65.8 Å². The minimum absolute atomic E-state index is 0.0608. The predicted molar refractivity (Wildman–Crippen MR) is 235 cm³/mol. The Morgan fingerprint density at radius 2 is 1.57 bits per heavy atom. The Morgan fingerprint density at radius 1 is 0.820 bits per heavy atom. The number of Topliss-reactive ketones (excluding diaryl/α,β-unsaturated/α-hetero) is 2. The SMILES string of the molecule is NC(N)=NCCC[C@@H]1CC(=O)[C@H](Cc2c[nH]c3ccccc23)NC(=O)[C@@H](CC2CCCCC2)CC(=O)[C@@H]2CCCN2C(=O)[C@@H](NC(=O)CCc2ccccc2)CCCNC1=O. The summed E-state index contributed by atoms with van der Waals surface area (Å²) in [5.74, 6) is -3.02. The monoisotopic (exact) mass is 836 g/mol.